The van der Waals surface area contributed by atoms with Gasteiger partial charge < -0.3 is 14.8 Å². The summed E-state index contributed by atoms with van der Waals surface area (Å²) in [5, 5.41) is 3.47. The topological polar surface area (TPSA) is 47.6 Å². The molecule has 0 radical (unpaired) electrons. The highest BCUT2D eigenvalue weighted by Crippen LogP contribution is 2.51. The molecule has 16 heavy (non-hydrogen) atoms. The first kappa shape index (κ1) is 11.9. The molecule has 0 aromatic heterocycles. The molecule has 2 rings (SSSR count). The van der Waals surface area contributed by atoms with Crippen LogP contribution in [-0.2, 0) is 14.3 Å². The van der Waals surface area contributed by atoms with Crippen LogP contribution in [0.15, 0.2) is 0 Å². The van der Waals surface area contributed by atoms with E-state index in [1.54, 1.807) is 0 Å². The van der Waals surface area contributed by atoms with E-state index in [9.17, 15) is 4.79 Å². The molecule has 1 aliphatic carbocycles. The van der Waals surface area contributed by atoms with Crippen LogP contribution in [0.25, 0.3) is 0 Å². The minimum Gasteiger partial charge on any atom is -0.469 e. The Morgan fingerprint density at radius 2 is 2.31 bits per heavy atom. The number of hydrogen-bond acceptors (Lipinski definition) is 4. The Kier molecular flexibility index (Phi) is 3.22. The largest absolute Gasteiger partial charge is 0.469 e. The zero-order valence-corrected chi connectivity index (χ0v) is 10.3. The summed E-state index contributed by atoms with van der Waals surface area (Å²) >= 11 is 0. The van der Waals surface area contributed by atoms with Gasteiger partial charge in [-0.1, -0.05) is 13.8 Å². The molecule has 2 aliphatic rings. The van der Waals surface area contributed by atoms with E-state index in [-0.39, 0.29) is 11.4 Å². The van der Waals surface area contributed by atoms with Crippen molar-refractivity contribution in [1.29, 1.82) is 0 Å². The fraction of sp³-hybridized carbons (Fsp3) is 0.917. The number of hydrogen-bond donors (Lipinski definition) is 1. The Morgan fingerprint density at radius 1 is 1.56 bits per heavy atom. The molecular weight excluding hydrogens is 206 g/mol. The molecule has 0 aromatic rings. The third-order valence-corrected chi connectivity index (χ3v) is 4.02. The average molecular weight is 227 g/mol. The molecule has 3 unspecified atom stereocenters. The molecule has 1 aliphatic heterocycles. The van der Waals surface area contributed by atoms with Crippen LogP contribution in [0.1, 0.15) is 26.7 Å². The maximum Gasteiger partial charge on any atom is 0.306 e. The van der Waals surface area contributed by atoms with Gasteiger partial charge in [0.1, 0.15) is 0 Å². The SMILES string of the molecule is COC(=O)CCNC1C2CCOC2C1(C)C. The molecule has 92 valence electrons. The van der Waals surface area contributed by atoms with Gasteiger partial charge in [0.25, 0.3) is 0 Å². The smallest absolute Gasteiger partial charge is 0.306 e. The van der Waals surface area contributed by atoms with Gasteiger partial charge in [0.15, 0.2) is 0 Å². The van der Waals surface area contributed by atoms with Gasteiger partial charge in [0, 0.05) is 30.5 Å². The molecule has 1 saturated carbocycles. The Bertz CT molecular complexity index is 277. The number of nitrogens with one attached hydrogen (secondary N) is 1. The van der Waals surface area contributed by atoms with Gasteiger partial charge in [-0.15, -0.1) is 0 Å². The van der Waals surface area contributed by atoms with Gasteiger partial charge in [-0.2, -0.15) is 0 Å². The van der Waals surface area contributed by atoms with Crippen LogP contribution in [0.5, 0.6) is 0 Å². The van der Waals surface area contributed by atoms with Crippen LogP contribution < -0.4 is 5.32 Å². The highest BCUT2D eigenvalue weighted by Gasteiger charge is 2.58. The molecule has 1 heterocycles. The molecular formula is C12H21NO3. The van der Waals surface area contributed by atoms with Gasteiger partial charge in [0.2, 0.25) is 0 Å². The fourth-order valence-corrected chi connectivity index (χ4v) is 3.17. The fourth-order valence-electron chi connectivity index (χ4n) is 3.17. The lowest BCUT2D eigenvalue weighted by Crippen LogP contribution is -2.65. The zero-order chi connectivity index (χ0) is 11.8. The van der Waals surface area contributed by atoms with E-state index in [1.807, 2.05) is 0 Å². The molecule has 0 spiro atoms. The number of ether oxygens (including phenoxy) is 2. The highest BCUT2D eigenvalue weighted by molar-refractivity contribution is 5.69. The lowest BCUT2D eigenvalue weighted by Gasteiger charge is -2.55. The second-order valence-corrected chi connectivity index (χ2v) is 5.32. The molecule has 4 heteroatoms. The van der Waals surface area contributed by atoms with Crippen molar-refractivity contribution in [3.63, 3.8) is 0 Å². The van der Waals surface area contributed by atoms with Gasteiger partial charge in [0.05, 0.1) is 19.6 Å². The van der Waals surface area contributed by atoms with Crippen molar-refractivity contribution in [1.82, 2.24) is 5.32 Å². The number of fused-ring (bicyclic) bond motifs is 1. The Morgan fingerprint density at radius 3 is 3.00 bits per heavy atom. The van der Waals surface area contributed by atoms with Crippen molar-refractivity contribution in [3.8, 4) is 0 Å². The first-order chi connectivity index (χ1) is 7.57. The van der Waals surface area contributed by atoms with Crippen LogP contribution >= 0.6 is 0 Å². The summed E-state index contributed by atoms with van der Waals surface area (Å²) < 4.78 is 10.3. The van der Waals surface area contributed by atoms with Crippen LogP contribution in [0.2, 0.25) is 0 Å². The van der Waals surface area contributed by atoms with E-state index in [1.165, 1.54) is 7.11 Å². The quantitative estimate of drug-likeness (QED) is 0.726. The Hall–Kier alpha value is -0.610. The van der Waals surface area contributed by atoms with Gasteiger partial charge in [-0.3, -0.25) is 4.79 Å². The lowest BCUT2D eigenvalue weighted by atomic mass is 9.57. The van der Waals surface area contributed by atoms with E-state index < -0.39 is 0 Å². The normalized spacial score (nSPS) is 35.3. The Labute approximate surface area is 96.7 Å². The van der Waals surface area contributed by atoms with Crippen molar-refractivity contribution in [2.45, 2.75) is 38.8 Å². The Balaban J connectivity index is 1.79. The van der Waals surface area contributed by atoms with Crippen molar-refractivity contribution >= 4 is 5.97 Å². The van der Waals surface area contributed by atoms with E-state index in [0.29, 0.717) is 31.0 Å². The number of carbonyl (C=O) groups excluding carboxylic acids is 1. The summed E-state index contributed by atoms with van der Waals surface area (Å²) in [7, 11) is 1.43. The molecule has 4 nitrogen and oxygen atoms in total. The molecule has 0 amide bonds. The highest BCUT2D eigenvalue weighted by atomic mass is 16.5. The van der Waals surface area contributed by atoms with Crippen molar-refractivity contribution in [2.24, 2.45) is 11.3 Å². The maximum atomic E-state index is 11.0. The molecule has 1 N–H and O–H groups in total. The van der Waals surface area contributed by atoms with E-state index >= 15 is 0 Å². The van der Waals surface area contributed by atoms with Gasteiger partial charge in [-0.25, -0.2) is 0 Å². The number of rotatable bonds is 4. The maximum absolute atomic E-state index is 11.0. The van der Waals surface area contributed by atoms with E-state index in [0.717, 1.165) is 13.0 Å². The second-order valence-electron chi connectivity index (χ2n) is 5.32. The lowest BCUT2D eigenvalue weighted by molar-refractivity contribution is -0.141. The minimum atomic E-state index is -0.149. The summed E-state index contributed by atoms with van der Waals surface area (Å²) in [5.41, 5.74) is 0.192. The van der Waals surface area contributed by atoms with Crippen LogP contribution in [0.3, 0.4) is 0 Å². The summed E-state index contributed by atoms with van der Waals surface area (Å²) in [4.78, 5) is 11.0. The molecule has 3 atom stereocenters. The first-order valence-corrected chi connectivity index (χ1v) is 5.99. The third kappa shape index (κ3) is 1.84. The van der Waals surface area contributed by atoms with Gasteiger partial charge >= 0.3 is 5.97 Å². The standard InChI is InChI=1S/C12H21NO3/c1-12(2)10(8-5-7-16-11(8)12)13-6-4-9(14)15-3/h8,10-11,13H,4-7H2,1-3H3. The number of methoxy groups -OCH3 is 1. The number of carbonyl (C=O) groups is 1. The van der Waals surface area contributed by atoms with Crippen molar-refractivity contribution in [2.75, 3.05) is 20.3 Å². The minimum absolute atomic E-state index is 0.149. The number of esters is 1. The summed E-state index contributed by atoms with van der Waals surface area (Å²) in [6.07, 6.45) is 1.99. The van der Waals surface area contributed by atoms with Crippen LogP contribution in [0, 0.1) is 11.3 Å². The van der Waals surface area contributed by atoms with Crippen LogP contribution in [0.4, 0.5) is 0 Å². The summed E-state index contributed by atoms with van der Waals surface area (Å²) in [5.74, 6) is 0.483. The third-order valence-electron chi connectivity index (χ3n) is 4.02. The molecule has 1 saturated heterocycles. The van der Waals surface area contributed by atoms with Crippen molar-refractivity contribution in [3.05, 3.63) is 0 Å². The van der Waals surface area contributed by atoms with E-state index in [2.05, 4.69) is 23.9 Å². The van der Waals surface area contributed by atoms with Crippen molar-refractivity contribution < 1.29 is 14.3 Å². The van der Waals surface area contributed by atoms with Gasteiger partial charge in [-0.05, 0) is 6.42 Å². The summed E-state index contributed by atoms with van der Waals surface area (Å²) in [6, 6.07) is 0.477. The first-order valence-electron chi connectivity index (χ1n) is 5.99. The zero-order valence-electron chi connectivity index (χ0n) is 10.3. The predicted octanol–water partition coefficient (Wildman–Crippen LogP) is 0.953. The molecule has 2 fully saturated rings. The molecule has 0 bridgehead atoms. The predicted molar refractivity (Wildman–Crippen MR) is 60.1 cm³/mol. The van der Waals surface area contributed by atoms with Crippen LogP contribution in [-0.4, -0.2) is 38.4 Å². The molecule has 0 aromatic carbocycles. The summed E-state index contributed by atoms with van der Waals surface area (Å²) in [6.45, 7) is 6.04. The monoisotopic (exact) mass is 227 g/mol. The second kappa shape index (κ2) is 4.34. The average Bonchev–Trinajstić information content (AvgIpc) is 2.70. The van der Waals surface area contributed by atoms with E-state index in [4.69, 9.17) is 4.74 Å².